The Morgan fingerprint density at radius 1 is 1.50 bits per heavy atom. The van der Waals surface area contributed by atoms with Gasteiger partial charge in [-0.2, -0.15) is 0 Å². The van der Waals surface area contributed by atoms with E-state index in [1.54, 1.807) is 11.7 Å². The zero-order valence-electron chi connectivity index (χ0n) is 9.16. The third-order valence-corrected chi connectivity index (χ3v) is 2.91. The van der Waals surface area contributed by atoms with Gasteiger partial charge in [-0.25, -0.2) is 10.8 Å². The monoisotopic (exact) mass is 266 g/mol. The first-order valence-corrected chi connectivity index (χ1v) is 5.82. The van der Waals surface area contributed by atoms with Crippen LogP contribution in [0.25, 0.3) is 0 Å². The number of aromatic nitrogens is 2. The molecule has 4 N–H and O–H groups in total. The van der Waals surface area contributed by atoms with Crippen LogP contribution in [-0.2, 0) is 6.54 Å². The normalized spacial score (nSPS) is 10.1. The third-order valence-electron chi connectivity index (χ3n) is 2.13. The van der Waals surface area contributed by atoms with Crippen molar-refractivity contribution < 1.29 is 4.92 Å². The zero-order chi connectivity index (χ0) is 13.0. The van der Waals surface area contributed by atoms with Gasteiger partial charge in [0.15, 0.2) is 0 Å². The fourth-order valence-electron chi connectivity index (χ4n) is 1.31. The van der Waals surface area contributed by atoms with Crippen LogP contribution in [0.2, 0.25) is 0 Å². The Morgan fingerprint density at radius 2 is 2.33 bits per heavy atom. The topological polar surface area (TPSA) is 119 Å². The number of thiazole rings is 1. The van der Waals surface area contributed by atoms with Crippen molar-refractivity contribution in [3.63, 3.8) is 0 Å². The molecule has 0 aromatic carbocycles. The number of nitrogen functional groups attached to an aromatic ring is 1. The van der Waals surface area contributed by atoms with Crippen molar-refractivity contribution in [2.45, 2.75) is 6.54 Å². The van der Waals surface area contributed by atoms with E-state index in [1.165, 1.54) is 23.5 Å². The molecule has 0 spiro atoms. The molecule has 0 radical (unpaired) electrons. The van der Waals surface area contributed by atoms with Gasteiger partial charge in [0, 0.05) is 17.1 Å². The third kappa shape index (κ3) is 2.70. The van der Waals surface area contributed by atoms with Crippen molar-refractivity contribution in [3.05, 3.63) is 38.8 Å². The molecule has 0 aliphatic heterocycles. The largest absolute Gasteiger partial charge is 0.359 e. The summed E-state index contributed by atoms with van der Waals surface area (Å²) in [5.41, 5.74) is 3.94. The maximum atomic E-state index is 10.8. The number of nitro groups is 1. The zero-order valence-corrected chi connectivity index (χ0v) is 9.98. The van der Waals surface area contributed by atoms with Crippen molar-refractivity contribution in [3.8, 4) is 0 Å². The second-order valence-electron chi connectivity index (χ2n) is 3.29. The van der Waals surface area contributed by atoms with Crippen LogP contribution in [0, 0.1) is 10.1 Å². The van der Waals surface area contributed by atoms with Crippen LogP contribution in [-0.4, -0.2) is 14.9 Å². The Bertz CT molecular complexity index is 544. The second kappa shape index (κ2) is 5.38. The number of anilines is 2. The maximum Gasteiger partial charge on any atom is 0.311 e. The van der Waals surface area contributed by atoms with Crippen molar-refractivity contribution >= 4 is 28.7 Å². The fourth-order valence-corrected chi connectivity index (χ4v) is 1.84. The summed E-state index contributed by atoms with van der Waals surface area (Å²) in [6.45, 7) is 0.423. The summed E-state index contributed by atoms with van der Waals surface area (Å²) in [7, 11) is 0. The number of hydrogen-bond acceptors (Lipinski definition) is 8. The van der Waals surface area contributed by atoms with Crippen LogP contribution in [0.5, 0.6) is 0 Å². The number of hydrogen-bond donors (Lipinski definition) is 3. The summed E-state index contributed by atoms with van der Waals surface area (Å²) >= 11 is 1.45. The first-order chi connectivity index (χ1) is 8.70. The van der Waals surface area contributed by atoms with Gasteiger partial charge >= 0.3 is 5.69 Å². The van der Waals surface area contributed by atoms with Gasteiger partial charge < -0.3 is 10.7 Å². The van der Waals surface area contributed by atoms with Crippen molar-refractivity contribution in [1.29, 1.82) is 0 Å². The molecule has 0 unspecified atom stereocenters. The van der Waals surface area contributed by atoms with Gasteiger partial charge in [-0.3, -0.25) is 15.1 Å². The highest BCUT2D eigenvalue weighted by Crippen LogP contribution is 2.24. The van der Waals surface area contributed by atoms with E-state index in [1.807, 2.05) is 0 Å². The van der Waals surface area contributed by atoms with Crippen LogP contribution in [0.1, 0.15) is 4.88 Å². The minimum absolute atomic E-state index is 0.0986. The maximum absolute atomic E-state index is 10.8. The molecule has 0 atom stereocenters. The van der Waals surface area contributed by atoms with E-state index in [-0.39, 0.29) is 11.5 Å². The molecule has 18 heavy (non-hydrogen) atoms. The summed E-state index contributed by atoms with van der Waals surface area (Å²) in [6.07, 6.45) is 1.69. The molecule has 0 saturated carbocycles. The average Bonchev–Trinajstić information content (AvgIpc) is 2.88. The van der Waals surface area contributed by atoms with Crippen molar-refractivity contribution in [2.24, 2.45) is 5.84 Å². The van der Waals surface area contributed by atoms with E-state index < -0.39 is 4.92 Å². The summed E-state index contributed by atoms with van der Waals surface area (Å²) in [5.74, 6) is 5.74. The Kier molecular flexibility index (Phi) is 3.65. The average molecular weight is 266 g/mol. The first kappa shape index (κ1) is 12.2. The molecule has 94 valence electrons. The highest BCUT2D eigenvalue weighted by Gasteiger charge is 2.15. The lowest BCUT2D eigenvalue weighted by Gasteiger charge is -2.06. The number of rotatable bonds is 5. The highest BCUT2D eigenvalue weighted by molar-refractivity contribution is 7.09. The van der Waals surface area contributed by atoms with E-state index in [2.05, 4.69) is 20.7 Å². The van der Waals surface area contributed by atoms with Gasteiger partial charge in [-0.05, 0) is 6.07 Å². The number of nitrogens with one attached hydrogen (secondary N) is 2. The van der Waals surface area contributed by atoms with Crippen molar-refractivity contribution in [1.82, 2.24) is 9.97 Å². The van der Waals surface area contributed by atoms with Crippen LogP contribution < -0.4 is 16.6 Å². The highest BCUT2D eigenvalue weighted by atomic mass is 32.1. The van der Waals surface area contributed by atoms with Crippen LogP contribution in [0.4, 0.5) is 17.3 Å². The van der Waals surface area contributed by atoms with E-state index in [0.29, 0.717) is 12.4 Å². The Morgan fingerprint density at radius 3 is 2.94 bits per heavy atom. The Balaban J connectivity index is 2.20. The number of nitrogens with two attached hydrogens (primary N) is 1. The number of nitrogens with zero attached hydrogens (tertiary/aromatic N) is 3. The van der Waals surface area contributed by atoms with Gasteiger partial charge in [0.1, 0.15) is 5.82 Å². The number of hydrazine groups is 1. The van der Waals surface area contributed by atoms with Gasteiger partial charge in [-0.1, -0.05) is 0 Å². The van der Waals surface area contributed by atoms with E-state index >= 15 is 0 Å². The molecule has 2 aromatic rings. The molecular weight excluding hydrogens is 256 g/mol. The van der Waals surface area contributed by atoms with E-state index in [4.69, 9.17) is 5.84 Å². The quantitative estimate of drug-likeness (QED) is 0.424. The lowest BCUT2D eigenvalue weighted by molar-refractivity contribution is -0.384. The molecule has 8 nitrogen and oxygen atoms in total. The van der Waals surface area contributed by atoms with Crippen LogP contribution in [0.15, 0.2) is 23.8 Å². The summed E-state index contributed by atoms with van der Waals surface area (Å²) < 4.78 is 0. The predicted octanol–water partition coefficient (Wildman–Crippen LogP) is 1.34. The molecule has 2 aromatic heterocycles. The fraction of sp³-hybridized carbons (Fsp3) is 0.111. The van der Waals surface area contributed by atoms with E-state index in [9.17, 15) is 10.1 Å². The predicted molar refractivity (Wildman–Crippen MR) is 68.1 cm³/mol. The summed E-state index contributed by atoms with van der Waals surface area (Å²) in [4.78, 5) is 19.2. The molecular formula is C9H10N6O2S. The second-order valence-corrected chi connectivity index (χ2v) is 4.26. The SMILES string of the molecule is NNc1ccc([N+](=O)[O-])c(NCc2cncs2)n1. The number of pyridine rings is 1. The first-order valence-electron chi connectivity index (χ1n) is 4.94. The van der Waals surface area contributed by atoms with E-state index in [0.717, 1.165) is 4.88 Å². The Labute approximate surface area is 106 Å². The molecule has 0 saturated heterocycles. The Hall–Kier alpha value is -2.26. The standard InChI is InChI=1S/C9H10N6O2S/c10-14-8-2-1-7(15(16)17)9(13-8)12-4-6-3-11-5-18-6/h1-3,5H,4,10H2,(H2,12,13,14). The lowest BCUT2D eigenvalue weighted by Crippen LogP contribution is -2.11. The minimum Gasteiger partial charge on any atom is -0.359 e. The minimum atomic E-state index is -0.498. The molecule has 0 aliphatic rings. The smallest absolute Gasteiger partial charge is 0.311 e. The molecule has 2 heterocycles. The summed E-state index contributed by atoms with van der Waals surface area (Å²) in [5, 5.41) is 13.7. The van der Waals surface area contributed by atoms with Gasteiger partial charge in [0.2, 0.25) is 5.82 Å². The van der Waals surface area contributed by atoms with Gasteiger partial charge in [0.25, 0.3) is 0 Å². The van der Waals surface area contributed by atoms with Crippen LogP contribution in [0.3, 0.4) is 0 Å². The lowest BCUT2D eigenvalue weighted by atomic mass is 10.3. The molecule has 0 aliphatic carbocycles. The molecule has 9 heteroatoms. The van der Waals surface area contributed by atoms with Crippen LogP contribution >= 0.6 is 11.3 Å². The van der Waals surface area contributed by atoms with Gasteiger partial charge in [-0.15, -0.1) is 11.3 Å². The molecule has 2 rings (SSSR count). The molecule has 0 amide bonds. The summed E-state index contributed by atoms with van der Waals surface area (Å²) in [6, 6.07) is 2.78. The molecule has 0 bridgehead atoms. The van der Waals surface area contributed by atoms with Crippen molar-refractivity contribution in [2.75, 3.05) is 10.7 Å². The molecule has 0 fully saturated rings. The van der Waals surface area contributed by atoms with Gasteiger partial charge in [0.05, 0.1) is 17.0 Å².